The van der Waals surface area contributed by atoms with Gasteiger partial charge in [0.1, 0.15) is 0 Å². The molecule has 0 atom stereocenters. The van der Waals surface area contributed by atoms with Gasteiger partial charge in [0.2, 0.25) is 0 Å². The minimum absolute atomic E-state index is 0.547. The normalized spacial score (nSPS) is 9.07. The second-order valence-corrected chi connectivity index (χ2v) is 3.66. The van der Waals surface area contributed by atoms with Gasteiger partial charge in [-0.3, -0.25) is 0 Å². The van der Waals surface area contributed by atoms with Crippen LogP contribution in [0.5, 0.6) is 0 Å². The van der Waals surface area contributed by atoms with Crippen molar-refractivity contribution in [3.8, 4) is 17.9 Å². The van der Waals surface area contributed by atoms with Crippen molar-refractivity contribution < 1.29 is 0 Å². The van der Waals surface area contributed by atoms with Crippen LogP contribution in [0.4, 0.5) is 5.13 Å². The Morgan fingerprint density at radius 2 is 2.29 bits per heavy atom. The number of benzene rings is 1. The van der Waals surface area contributed by atoms with Crippen LogP contribution in [0.3, 0.4) is 0 Å². The molecule has 66 valence electrons. The van der Waals surface area contributed by atoms with Crippen molar-refractivity contribution in [1.29, 1.82) is 5.26 Å². The minimum atomic E-state index is 0.547. The van der Waals surface area contributed by atoms with Crippen molar-refractivity contribution in [1.82, 2.24) is 4.98 Å². The van der Waals surface area contributed by atoms with Crippen LogP contribution in [0.1, 0.15) is 5.56 Å². The van der Waals surface area contributed by atoms with Crippen molar-refractivity contribution in [3.05, 3.63) is 23.8 Å². The quantitative estimate of drug-likeness (QED) is 0.657. The topological polar surface area (TPSA) is 62.7 Å². The first kappa shape index (κ1) is 8.55. The number of hydrogen-bond donors (Lipinski definition) is 1. The first-order valence-corrected chi connectivity index (χ1v) is 4.67. The highest BCUT2D eigenvalue weighted by Crippen LogP contribution is 2.23. The summed E-state index contributed by atoms with van der Waals surface area (Å²) >= 11 is 1.44. The summed E-state index contributed by atoms with van der Waals surface area (Å²) in [6.45, 7) is 0. The number of aromatic nitrogens is 1. The maximum atomic E-state index is 8.29. The second-order valence-electron chi connectivity index (χ2n) is 2.60. The minimum Gasteiger partial charge on any atom is -0.375 e. The van der Waals surface area contributed by atoms with E-state index in [1.165, 1.54) is 11.3 Å². The molecular formula is C10H5N3S. The van der Waals surface area contributed by atoms with Gasteiger partial charge in [-0.1, -0.05) is 17.3 Å². The van der Waals surface area contributed by atoms with Gasteiger partial charge < -0.3 is 5.73 Å². The Morgan fingerprint density at radius 1 is 1.43 bits per heavy atom. The van der Waals surface area contributed by atoms with Gasteiger partial charge in [-0.05, 0) is 18.2 Å². The van der Waals surface area contributed by atoms with Crippen LogP contribution in [-0.4, -0.2) is 4.98 Å². The molecule has 0 fully saturated rings. The van der Waals surface area contributed by atoms with E-state index in [2.05, 4.69) is 16.8 Å². The van der Waals surface area contributed by atoms with Gasteiger partial charge in [0.05, 0.1) is 10.2 Å². The number of fused-ring (bicyclic) bond motifs is 1. The summed E-state index contributed by atoms with van der Waals surface area (Å²) in [7, 11) is 0. The Morgan fingerprint density at radius 3 is 3.07 bits per heavy atom. The van der Waals surface area contributed by atoms with Gasteiger partial charge in [-0.2, -0.15) is 5.26 Å². The smallest absolute Gasteiger partial charge is 0.181 e. The Kier molecular flexibility index (Phi) is 2.06. The molecule has 1 aromatic carbocycles. The Hall–Kier alpha value is -2.04. The zero-order valence-corrected chi connectivity index (χ0v) is 7.93. The molecule has 0 unspecified atom stereocenters. The number of hydrogen-bond acceptors (Lipinski definition) is 4. The number of rotatable bonds is 0. The fourth-order valence-electron chi connectivity index (χ4n) is 1.12. The van der Waals surface area contributed by atoms with Crippen molar-refractivity contribution in [2.45, 2.75) is 0 Å². The molecule has 0 amide bonds. The summed E-state index contributed by atoms with van der Waals surface area (Å²) in [5.74, 6) is 5.04. The SMILES string of the molecule is N#CC#Cc1ccc2sc(N)nc2c1. The lowest BCUT2D eigenvalue weighted by Gasteiger charge is -1.88. The van der Waals surface area contributed by atoms with Gasteiger partial charge in [0.25, 0.3) is 0 Å². The molecule has 0 aliphatic carbocycles. The number of anilines is 1. The van der Waals surface area contributed by atoms with Crippen LogP contribution in [0.25, 0.3) is 10.2 Å². The molecule has 0 bridgehead atoms. The van der Waals surface area contributed by atoms with Crippen LogP contribution in [0.2, 0.25) is 0 Å². The van der Waals surface area contributed by atoms with E-state index in [9.17, 15) is 0 Å². The van der Waals surface area contributed by atoms with Gasteiger partial charge in [0, 0.05) is 11.5 Å². The van der Waals surface area contributed by atoms with E-state index in [0.717, 1.165) is 15.8 Å². The Bertz CT molecular complexity index is 581. The van der Waals surface area contributed by atoms with Gasteiger partial charge in [-0.25, -0.2) is 4.98 Å². The first-order chi connectivity index (χ1) is 6.79. The highest BCUT2D eigenvalue weighted by Gasteiger charge is 2.00. The fraction of sp³-hybridized carbons (Fsp3) is 0. The number of nitrogens with zero attached hydrogens (tertiary/aromatic N) is 2. The van der Waals surface area contributed by atoms with E-state index in [1.807, 2.05) is 18.2 Å². The van der Waals surface area contributed by atoms with Gasteiger partial charge >= 0.3 is 0 Å². The highest BCUT2D eigenvalue weighted by atomic mass is 32.1. The second kappa shape index (κ2) is 3.37. The fourth-order valence-corrected chi connectivity index (χ4v) is 1.84. The third-order valence-corrected chi connectivity index (χ3v) is 2.53. The van der Waals surface area contributed by atoms with Gasteiger partial charge in [-0.15, -0.1) is 0 Å². The van der Waals surface area contributed by atoms with Crippen molar-refractivity contribution in [2.75, 3.05) is 5.73 Å². The van der Waals surface area contributed by atoms with Crippen LogP contribution in [0.15, 0.2) is 18.2 Å². The molecule has 4 heteroatoms. The molecule has 0 aliphatic rings. The Labute approximate surface area is 84.8 Å². The van der Waals surface area contributed by atoms with Crippen molar-refractivity contribution >= 4 is 26.7 Å². The lowest BCUT2D eigenvalue weighted by Crippen LogP contribution is -1.79. The molecule has 2 N–H and O–H groups in total. The zero-order valence-electron chi connectivity index (χ0n) is 7.11. The molecule has 0 saturated carbocycles. The largest absolute Gasteiger partial charge is 0.375 e. The zero-order chi connectivity index (χ0) is 9.97. The summed E-state index contributed by atoms with van der Waals surface area (Å²) in [6, 6.07) is 7.35. The predicted octanol–water partition coefficient (Wildman–Crippen LogP) is 1.75. The van der Waals surface area contributed by atoms with Crippen LogP contribution in [-0.2, 0) is 0 Å². The molecule has 0 spiro atoms. The average Bonchev–Trinajstić information content (AvgIpc) is 2.54. The van der Waals surface area contributed by atoms with E-state index in [4.69, 9.17) is 11.0 Å². The highest BCUT2D eigenvalue weighted by molar-refractivity contribution is 7.22. The number of nitrogen functional groups attached to an aromatic ring is 1. The van der Waals surface area contributed by atoms with Crippen LogP contribution in [0, 0.1) is 23.2 Å². The van der Waals surface area contributed by atoms with Crippen molar-refractivity contribution in [2.24, 2.45) is 0 Å². The predicted molar refractivity (Wildman–Crippen MR) is 56.5 cm³/mol. The Balaban J connectivity index is 2.57. The summed E-state index contributed by atoms with van der Waals surface area (Å²) in [5, 5.41) is 8.83. The summed E-state index contributed by atoms with van der Waals surface area (Å²) in [5.41, 5.74) is 7.17. The average molecular weight is 199 g/mol. The third-order valence-electron chi connectivity index (χ3n) is 1.67. The van der Waals surface area contributed by atoms with Crippen molar-refractivity contribution in [3.63, 3.8) is 0 Å². The maximum Gasteiger partial charge on any atom is 0.181 e. The molecule has 0 saturated heterocycles. The number of nitrogens with two attached hydrogens (primary N) is 1. The summed E-state index contributed by atoms with van der Waals surface area (Å²) < 4.78 is 1.03. The van der Waals surface area contributed by atoms with Crippen LogP contribution >= 0.6 is 11.3 Å². The van der Waals surface area contributed by atoms with E-state index >= 15 is 0 Å². The first-order valence-electron chi connectivity index (χ1n) is 3.86. The molecule has 0 aliphatic heterocycles. The number of thiazole rings is 1. The van der Waals surface area contributed by atoms with E-state index in [1.54, 1.807) is 6.07 Å². The third kappa shape index (κ3) is 1.52. The molecule has 14 heavy (non-hydrogen) atoms. The standard InChI is InChI=1S/C10H5N3S/c11-5-1-2-7-3-4-9-8(6-7)13-10(12)14-9/h3-4,6H,(H2,12,13). The van der Waals surface area contributed by atoms with E-state index in [-0.39, 0.29) is 0 Å². The molecule has 1 heterocycles. The van der Waals surface area contributed by atoms with E-state index < -0.39 is 0 Å². The van der Waals surface area contributed by atoms with E-state index in [0.29, 0.717) is 5.13 Å². The maximum absolute atomic E-state index is 8.29. The molecule has 0 radical (unpaired) electrons. The molecular weight excluding hydrogens is 194 g/mol. The summed E-state index contributed by atoms with van der Waals surface area (Å²) in [4.78, 5) is 4.13. The monoisotopic (exact) mass is 199 g/mol. The lowest BCUT2D eigenvalue weighted by molar-refractivity contribution is 1.49. The molecule has 2 rings (SSSR count). The molecule has 1 aromatic heterocycles. The number of nitriles is 1. The van der Waals surface area contributed by atoms with Crippen LogP contribution < -0.4 is 5.73 Å². The molecule has 2 aromatic rings. The summed E-state index contributed by atoms with van der Waals surface area (Å²) in [6.07, 6.45) is 0. The lowest BCUT2D eigenvalue weighted by atomic mass is 10.2. The molecule has 3 nitrogen and oxygen atoms in total. The van der Waals surface area contributed by atoms with Gasteiger partial charge in [0.15, 0.2) is 11.2 Å².